The SMILES string of the molecule is COC[C@@H](C)NC(=O)c1cc(-c2ccc(C)cc2F)cc(-n2nnnc2C(C)C)c1. The highest BCUT2D eigenvalue weighted by Crippen LogP contribution is 2.28. The molecule has 0 fully saturated rings. The fourth-order valence-electron chi connectivity index (χ4n) is 3.21. The molecule has 0 saturated carbocycles. The number of ether oxygens (including phenoxy) is 1. The molecule has 0 aliphatic heterocycles. The van der Waals surface area contributed by atoms with Crippen molar-refractivity contribution in [2.45, 2.75) is 39.7 Å². The molecule has 1 amide bonds. The monoisotopic (exact) mass is 411 g/mol. The zero-order chi connectivity index (χ0) is 21.8. The van der Waals surface area contributed by atoms with Crippen molar-refractivity contribution in [3.05, 3.63) is 59.2 Å². The van der Waals surface area contributed by atoms with E-state index in [1.165, 1.54) is 6.07 Å². The lowest BCUT2D eigenvalue weighted by Crippen LogP contribution is -2.35. The van der Waals surface area contributed by atoms with Crippen LogP contribution in [0.4, 0.5) is 4.39 Å². The first-order valence-corrected chi connectivity index (χ1v) is 9.80. The fourth-order valence-corrected chi connectivity index (χ4v) is 3.21. The van der Waals surface area contributed by atoms with Crippen LogP contribution >= 0.6 is 0 Å². The summed E-state index contributed by atoms with van der Waals surface area (Å²) in [5.74, 6) is 0.0794. The highest BCUT2D eigenvalue weighted by molar-refractivity contribution is 5.96. The Bertz CT molecular complexity index is 1050. The number of methoxy groups -OCH3 is 1. The first kappa shape index (κ1) is 21.6. The van der Waals surface area contributed by atoms with Crippen LogP contribution in [0.1, 0.15) is 48.4 Å². The molecule has 0 spiro atoms. The molecule has 0 bridgehead atoms. The second-order valence-corrected chi connectivity index (χ2v) is 7.69. The van der Waals surface area contributed by atoms with Gasteiger partial charge in [0.2, 0.25) is 0 Å². The van der Waals surface area contributed by atoms with E-state index >= 15 is 0 Å². The lowest BCUT2D eigenvalue weighted by Gasteiger charge is -2.15. The van der Waals surface area contributed by atoms with Crippen LogP contribution in [-0.4, -0.2) is 45.9 Å². The number of rotatable bonds is 7. The molecule has 8 heteroatoms. The van der Waals surface area contributed by atoms with Crippen molar-refractivity contribution >= 4 is 5.91 Å². The minimum atomic E-state index is -0.355. The Labute approximate surface area is 175 Å². The maximum absolute atomic E-state index is 14.7. The summed E-state index contributed by atoms with van der Waals surface area (Å²) in [6.07, 6.45) is 0. The van der Waals surface area contributed by atoms with Gasteiger partial charge in [0.15, 0.2) is 5.82 Å². The van der Waals surface area contributed by atoms with Gasteiger partial charge in [-0.1, -0.05) is 26.0 Å². The second-order valence-electron chi connectivity index (χ2n) is 7.69. The summed E-state index contributed by atoms with van der Waals surface area (Å²) in [6, 6.07) is 10.00. The lowest BCUT2D eigenvalue weighted by molar-refractivity contribution is 0.0905. The van der Waals surface area contributed by atoms with Crippen LogP contribution in [0.15, 0.2) is 36.4 Å². The molecule has 30 heavy (non-hydrogen) atoms. The Morgan fingerprint density at radius 1 is 1.20 bits per heavy atom. The van der Waals surface area contributed by atoms with Gasteiger partial charge in [-0.15, -0.1) is 5.10 Å². The van der Waals surface area contributed by atoms with Gasteiger partial charge in [0.05, 0.1) is 12.3 Å². The Kier molecular flexibility index (Phi) is 6.56. The average Bonchev–Trinajstić information content (AvgIpc) is 3.18. The van der Waals surface area contributed by atoms with Gasteiger partial charge in [-0.05, 0) is 59.7 Å². The fraction of sp³-hybridized carbons (Fsp3) is 0.364. The second kappa shape index (κ2) is 9.13. The van der Waals surface area contributed by atoms with Crippen LogP contribution in [0, 0.1) is 12.7 Å². The molecule has 3 rings (SSSR count). The Balaban J connectivity index is 2.12. The summed E-state index contributed by atoms with van der Waals surface area (Å²) in [4.78, 5) is 12.9. The summed E-state index contributed by atoms with van der Waals surface area (Å²) in [5.41, 5.74) is 2.77. The number of benzene rings is 2. The third-order valence-electron chi connectivity index (χ3n) is 4.66. The van der Waals surface area contributed by atoms with Gasteiger partial charge < -0.3 is 10.1 Å². The first-order valence-electron chi connectivity index (χ1n) is 9.80. The number of hydrogen-bond donors (Lipinski definition) is 1. The van der Waals surface area contributed by atoms with E-state index in [9.17, 15) is 9.18 Å². The van der Waals surface area contributed by atoms with E-state index in [0.717, 1.165) is 5.56 Å². The van der Waals surface area contributed by atoms with E-state index in [4.69, 9.17) is 4.74 Å². The molecule has 0 radical (unpaired) electrons. The van der Waals surface area contributed by atoms with Crippen LogP contribution in [0.2, 0.25) is 0 Å². The molecule has 0 unspecified atom stereocenters. The van der Waals surface area contributed by atoms with Crippen LogP contribution in [0.25, 0.3) is 16.8 Å². The molecular weight excluding hydrogens is 385 g/mol. The van der Waals surface area contributed by atoms with Gasteiger partial charge in [0.1, 0.15) is 5.82 Å². The summed E-state index contributed by atoms with van der Waals surface area (Å²) in [6.45, 7) is 8.02. The third kappa shape index (κ3) is 4.71. The summed E-state index contributed by atoms with van der Waals surface area (Å²) < 4.78 is 21.4. The maximum Gasteiger partial charge on any atom is 0.251 e. The zero-order valence-electron chi connectivity index (χ0n) is 17.8. The molecule has 1 aromatic heterocycles. The molecule has 158 valence electrons. The number of tetrazole rings is 1. The smallest absolute Gasteiger partial charge is 0.251 e. The molecule has 1 N–H and O–H groups in total. The van der Waals surface area contributed by atoms with E-state index in [1.54, 1.807) is 36.1 Å². The molecule has 7 nitrogen and oxygen atoms in total. The highest BCUT2D eigenvalue weighted by atomic mass is 19.1. The van der Waals surface area contributed by atoms with Gasteiger partial charge in [-0.2, -0.15) is 4.68 Å². The summed E-state index contributed by atoms with van der Waals surface area (Å²) in [7, 11) is 1.58. The van der Waals surface area contributed by atoms with Gasteiger partial charge in [-0.3, -0.25) is 4.79 Å². The van der Waals surface area contributed by atoms with Crippen LogP contribution in [0.3, 0.4) is 0 Å². The molecule has 1 heterocycles. The van der Waals surface area contributed by atoms with Crippen LogP contribution < -0.4 is 5.32 Å². The summed E-state index contributed by atoms with van der Waals surface area (Å²) in [5, 5.41) is 14.8. The normalized spacial score (nSPS) is 12.2. The highest BCUT2D eigenvalue weighted by Gasteiger charge is 2.18. The predicted octanol–water partition coefficient (Wildman–Crippen LogP) is 3.66. The largest absolute Gasteiger partial charge is 0.383 e. The number of nitrogens with zero attached hydrogens (tertiary/aromatic N) is 4. The molecule has 1 atom stereocenters. The zero-order valence-corrected chi connectivity index (χ0v) is 17.8. The van der Waals surface area contributed by atoms with E-state index in [0.29, 0.717) is 34.8 Å². The Morgan fingerprint density at radius 2 is 1.97 bits per heavy atom. The van der Waals surface area contributed by atoms with Crippen molar-refractivity contribution in [1.29, 1.82) is 0 Å². The number of carbonyl (C=O) groups is 1. The topological polar surface area (TPSA) is 81.9 Å². The van der Waals surface area contributed by atoms with E-state index in [1.807, 2.05) is 33.8 Å². The molecule has 2 aromatic carbocycles. The number of carbonyl (C=O) groups excluding carboxylic acids is 1. The number of halogens is 1. The van der Waals surface area contributed by atoms with Crippen molar-refractivity contribution in [3.63, 3.8) is 0 Å². The predicted molar refractivity (Wildman–Crippen MR) is 112 cm³/mol. The lowest BCUT2D eigenvalue weighted by atomic mass is 9.99. The van der Waals surface area contributed by atoms with Crippen LogP contribution in [0.5, 0.6) is 0 Å². The number of aryl methyl sites for hydroxylation is 1. The van der Waals surface area contributed by atoms with E-state index in [-0.39, 0.29) is 23.7 Å². The van der Waals surface area contributed by atoms with Crippen molar-refractivity contribution in [2.24, 2.45) is 0 Å². The van der Waals surface area contributed by atoms with E-state index < -0.39 is 0 Å². The minimum absolute atomic E-state index is 0.0683. The Morgan fingerprint density at radius 3 is 2.63 bits per heavy atom. The quantitative estimate of drug-likeness (QED) is 0.642. The number of aromatic nitrogens is 4. The number of amides is 1. The average molecular weight is 411 g/mol. The van der Waals surface area contributed by atoms with Crippen molar-refractivity contribution < 1.29 is 13.9 Å². The minimum Gasteiger partial charge on any atom is -0.383 e. The molecule has 0 aliphatic rings. The molecular formula is C22H26FN5O2. The first-order chi connectivity index (χ1) is 14.3. The van der Waals surface area contributed by atoms with Crippen molar-refractivity contribution in [2.75, 3.05) is 13.7 Å². The van der Waals surface area contributed by atoms with Gasteiger partial charge in [0, 0.05) is 30.2 Å². The summed E-state index contributed by atoms with van der Waals surface area (Å²) >= 11 is 0. The van der Waals surface area contributed by atoms with Crippen molar-refractivity contribution in [1.82, 2.24) is 25.5 Å². The van der Waals surface area contributed by atoms with Gasteiger partial charge >= 0.3 is 0 Å². The van der Waals surface area contributed by atoms with Gasteiger partial charge in [0.25, 0.3) is 5.91 Å². The molecule has 3 aromatic rings. The maximum atomic E-state index is 14.7. The molecule has 0 saturated heterocycles. The molecule has 0 aliphatic carbocycles. The standard InChI is InChI=1S/C22H26FN5O2/c1-13(2)21-25-26-27-28(21)18-10-16(19-7-6-14(3)8-20(19)23)9-17(11-18)22(29)24-15(4)12-30-5/h6-11,13,15H,12H2,1-5H3,(H,24,29)/t15-/m1/s1. The third-order valence-corrected chi connectivity index (χ3v) is 4.66. The van der Waals surface area contributed by atoms with Crippen LogP contribution in [-0.2, 0) is 4.74 Å². The van der Waals surface area contributed by atoms with Crippen molar-refractivity contribution in [3.8, 4) is 16.8 Å². The van der Waals surface area contributed by atoms with E-state index in [2.05, 4.69) is 20.8 Å². The van der Waals surface area contributed by atoms with Gasteiger partial charge in [-0.25, -0.2) is 4.39 Å². The Hall–Kier alpha value is -3.13. The number of hydrogen-bond acceptors (Lipinski definition) is 5. The number of nitrogens with one attached hydrogen (secondary N) is 1.